The number of nitrogens with one attached hydrogen (secondary N) is 1. The zero-order valence-electron chi connectivity index (χ0n) is 15.8. The minimum absolute atomic E-state index is 0.0143. The van der Waals surface area contributed by atoms with Gasteiger partial charge in [-0.3, -0.25) is 9.10 Å². The number of nitrogens with zero attached hydrogens (tertiary/aromatic N) is 1. The van der Waals surface area contributed by atoms with Gasteiger partial charge in [-0.2, -0.15) is 0 Å². The predicted octanol–water partition coefficient (Wildman–Crippen LogP) is 3.60. The number of halogens is 1. The van der Waals surface area contributed by atoms with Gasteiger partial charge in [-0.1, -0.05) is 37.1 Å². The number of amides is 1. The van der Waals surface area contributed by atoms with E-state index in [0.717, 1.165) is 12.8 Å². The zero-order chi connectivity index (χ0) is 20.3. The summed E-state index contributed by atoms with van der Waals surface area (Å²) in [5.74, 6) is 0.0290. The molecule has 0 bridgehead atoms. The number of para-hydroxylation sites is 2. The van der Waals surface area contributed by atoms with Crippen molar-refractivity contribution in [3.63, 3.8) is 0 Å². The van der Waals surface area contributed by atoms with Crippen molar-refractivity contribution < 1.29 is 17.9 Å². The van der Waals surface area contributed by atoms with Crippen molar-refractivity contribution in [2.24, 2.45) is 0 Å². The molecular weight excluding hydrogens is 400 g/mol. The maximum atomic E-state index is 13.2. The number of hydrogen-bond donors (Lipinski definition) is 1. The highest BCUT2D eigenvalue weighted by atomic mass is 35.5. The van der Waals surface area contributed by atoms with Gasteiger partial charge < -0.3 is 10.1 Å². The largest absolute Gasteiger partial charge is 0.476 e. The van der Waals surface area contributed by atoms with E-state index in [9.17, 15) is 13.2 Å². The summed E-state index contributed by atoms with van der Waals surface area (Å²) in [7, 11) is -3.88. The average molecular weight is 423 g/mol. The number of anilines is 1. The van der Waals surface area contributed by atoms with Crippen LogP contribution in [0.15, 0.2) is 53.4 Å². The fourth-order valence-electron chi connectivity index (χ4n) is 3.14. The van der Waals surface area contributed by atoms with Crippen molar-refractivity contribution in [2.45, 2.75) is 43.7 Å². The van der Waals surface area contributed by atoms with E-state index >= 15 is 0 Å². The lowest BCUT2D eigenvalue weighted by Gasteiger charge is -2.35. The first kappa shape index (κ1) is 20.5. The van der Waals surface area contributed by atoms with Gasteiger partial charge in [0.15, 0.2) is 6.10 Å². The zero-order valence-corrected chi connectivity index (χ0v) is 17.3. The molecule has 0 radical (unpaired) electrons. The molecule has 1 N–H and O–H groups in total. The molecule has 0 saturated carbocycles. The van der Waals surface area contributed by atoms with E-state index in [1.54, 1.807) is 24.3 Å². The summed E-state index contributed by atoms with van der Waals surface area (Å²) >= 11 is 5.89. The smallest absolute Gasteiger partial charge is 0.264 e. The Labute approximate surface area is 170 Å². The Hall–Kier alpha value is -2.25. The molecule has 3 rings (SSSR count). The lowest BCUT2D eigenvalue weighted by atomic mass is 10.1. The molecule has 28 heavy (non-hydrogen) atoms. The Morgan fingerprint density at radius 2 is 1.93 bits per heavy atom. The van der Waals surface area contributed by atoms with E-state index in [0.29, 0.717) is 16.5 Å². The second kappa shape index (κ2) is 8.41. The van der Waals surface area contributed by atoms with Crippen LogP contribution in [0.4, 0.5) is 5.69 Å². The van der Waals surface area contributed by atoms with Gasteiger partial charge in [0, 0.05) is 11.1 Å². The topological polar surface area (TPSA) is 75.7 Å². The molecule has 1 amide bonds. The highest BCUT2D eigenvalue weighted by Gasteiger charge is 2.37. The van der Waals surface area contributed by atoms with Crippen LogP contribution >= 0.6 is 11.6 Å². The number of ether oxygens (including phenoxy) is 1. The first-order valence-corrected chi connectivity index (χ1v) is 11.0. The van der Waals surface area contributed by atoms with Crippen molar-refractivity contribution in [3.8, 4) is 5.75 Å². The molecule has 1 aliphatic heterocycles. The SMILES string of the molecule is CCC[C@@H](C)NC(=O)[C@H]1CN(S(=O)(=O)c2ccc(Cl)cc2)c2ccccc2O1. The second-order valence-electron chi connectivity index (χ2n) is 6.76. The lowest BCUT2D eigenvalue weighted by molar-refractivity contribution is -0.128. The first-order chi connectivity index (χ1) is 13.3. The fraction of sp³-hybridized carbons (Fsp3) is 0.350. The summed E-state index contributed by atoms with van der Waals surface area (Å²) in [6.07, 6.45) is 0.839. The summed E-state index contributed by atoms with van der Waals surface area (Å²) in [6.45, 7) is 3.85. The molecule has 2 atom stereocenters. The second-order valence-corrected chi connectivity index (χ2v) is 9.06. The Kier molecular flexibility index (Phi) is 6.15. The van der Waals surface area contributed by atoms with Gasteiger partial charge in [0.2, 0.25) is 0 Å². The third-order valence-corrected chi connectivity index (χ3v) is 6.59. The molecule has 8 heteroatoms. The molecule has 0 aromatic heterocycles. The minimum Gasteiger partial charge on any atom is -0.476 e. The van der Waals surface area contributed by atoms with Crippen LogP contribution in [-0.4, -0.2) is 33.0 Å². The molecule has 2 aromatic rings. The highest BCUT2D eigenvalue weighted by Crippen LogP contribution is 2.37. The maximum absolute atomic E-state index is 13.2. The number of hydrogen-bond acceptors (Lipinski definition) is 4. The Morgan fingerprint density at radius 3 is 2.61 bits per heavy atom. The molecule has 0 unspecified atom stereocenters. The third kappa shape index (κ3) is 4.25. The van der Waals surface area contributed by atoms with E-state index in [1.165, 1.54) is 28.6 Å². The molecule has 1 heterocycles. The van der Waals surface area contributed by atoms with Gasteiger partial charge in [0.1, 0.15) is 5.75 Å². The van der Waals surface area contributed by atoms with Crippen LogP contribution in [0, 0.1) is 0 Å². The van der Waals surface area contributed by atoms with Gasteiger partial charge in [-0.05, 0) is 49.7 Å². The van der Waals surface area contributed by atoms with E-state index in [4.69, 9.17) is 16.3 Å². The van der Waals surface area contributed by atoms with Gasteiger partial charge >= 0.3 is 0 Å². The van der Waals surface area contributed by atoms with E-state index in [1.807, 2.05) is 13.8 Å². The van der Waals surface area contributed by atoms with Crippen LogP contribution in [0.25, 0.3) is 0 Å². The summed E-state index contributed by atoms with van der Waals surface area (Å²) in [6, 6.07) is 12.7. The number of carbonyl (C=O) groups is 1. The Balaban J connectivity index is 1.93. The summed E-state index contributed by atoms with van der Waals surface area (Å²) in [4.78, 5) is 12.8. The Bertz CT molecular complexity index is 947. The van der Waals surface area contributed by atoms with Gasteiger partial charge in [-0.25, -0.2) is 8.42 Å². The first-order valence-electron chi connectivity index (χ1n) is 9.17. The molecule has 0 spiro atoms. The number of sulfonamides is 1. The summed E-state index contributed by atoms with van der Waals surface area (Å²) < 4.78 is 33.5. The predicted molar refractivity (Wildman–Crippen MR) is 109 cm³/mol. The molecule has 150 valence electrons. The highest BCUT2D eigenvalue weighted by molar-refractivity contribution is 7.92. The summed E-state index contributed by atoms with van der Waals surface area (Å²) in [5.41, 5.74) is 0.406. The lowest BCUT2D eigenvalue weighted by Crippen LogP contribution is -2.52. The van der Waals surface area contributed by atoms with E-state index in [2.05, 4.69) is 5.32 Å². The quantitative estimate of drug-likeness (QED) is 0.771. The van der Waals surface area contributed by atoms with Crippen molar-refractivity contribution in [1.29, 1.82) is 0 Å². The summed E-state index contributed by atoms with van der Waals surface area (Å²) in [5, 5.41) is 3.35. The van der Waals surface area contributed by atoms with Crippen molar-refractivity contribution >= 4 is 33.2 Å². The van der Waals surface area contributed by atoms with Crippen molar-refractivity contribution in [2.75, 3.05) is 10.8 Å². The van der Waals surface area contributed by atoms with Crippen LogP contribution < -0.4 is 14.4 Å². The van der Waals surface area contributed by atoms with E-state index in [-0.39, 0.29) is 23.4 Å². The standard InChI is InChI=1S/C20H23ClN2O4S/c1-3-6-14(2)22-20(24)19-13-23(17-7-4-5-8-18(17)27-19)28(25,26)16-11-9-15(21)10-12-16/h4-5,7-12,14,19H,3,6,13H2,1-2H3,(H,22,24)/t14-,19-/m1/s1. The molecular formula is C20H23ClN2O4S. The van der Waals surface area contributed by atoms with Crippen LogP contribution in [0.3, 0.4) is 0 Å². The molecule has 0 fully saturated rings. The third-order valence-electron chi connectivity index (χ3n) is 4.54. The van der Waals surface area contributed by atoms with Crippen LogP contribution in [0.5, 0.6) is 5.75 Å². The van der Waals surface area contributed by atoms with Gasteiger partial charge in [0.25, 0.3) is 15.9 Å². The van der Waals surface area contributed by atoms with E-state index < -0.39 is 16.1 Å². The normalized spacial score (nSPS) is 17.4. The fourth-order valence-corrected chi connectivity index (χ4v) is 4.74. The monoisotopic (exact) mass is 422 g/mol. The average Bonchev–Trinajstić information content (AvgIpc) is 2.67. The molecule has 6 nitrogen and oxygen atoms in total. The number of carbonyl (C=O) groups excluding carboxylic acids is 1. The Morgan fingerprint density at radius 1 is 1.25 bits per heavy atom. The van der Waals surface area contributed by atoms with Crippen molar-refractivity contribution in [1.82, 2.24) is 5.32 Å². The number of rotatable bonds is 6. The van der Waals surface area contributed by atoms with Gasteiger partial charge in [0.05, 0.1) is 17.1 Å². The van der Waals surface area contributed by atoms with Crippen LogP contribution in [0.1, 0.15) is 26.7 Å². The van der Waals surface area contributed by atoms with Crippen LogP contribution in [0.2, 0.25) is 5.02 Å². The minimum atomic E-state index is -3.88. The number of fused-ring (bicyclic) bond motifs is 1. The van der Waals surface area contributed by atoms with Crippen molar-refractivity contribution in [3.05, 3.63) is 53.6 Å². The van der Waals surface area contributed by atoms with Gasteiger partial charge in [-0.15, -0.1) is 0 Å². The molecule has 0 aliphatic carbocycles. The van der Waals surface area contributed by atoms with Crippen LogP contribution in [-0.2, 0) is 14.8 Å². The maximum Gasteiger partial charge on any atom is 0.264 e. The molecule has 0 saturated heterocycles. The number of benzene rings is 2. The molecule has 1 aliphatic rings. The molecule has 2 aromatic carbocycles.